The van der Waals surface area contributed by atoms with E-state index in [2.05, 4.69) is 115 Å². The molecule has 0 fully saturated rings. The normalized spacial score (nSPS) is 12.3. The molecule has 1 heteroatoms. The van der Waals surface area contributed by atoms with Crippen molar-refractivity contribution in [1.29, 1.82) is 0 Å². The molecule has 0 radical (unpaired) electrons. The summed E-state index contributed by atoms with van der Waals surface area (Å²) in [5, 5.41) is 6.62. The number of hydrogen-bond donors (Lipinski definition) is 0. The summed E-state index contributed by atoms with van der Waals surface area (Å²) in [6, 6.07) is 67.7. The molecule has 258 valence electrons. The van der Waals surface area contributed by atoms with Crippen molar-refractivity contribution < 1.29 is 5.48 Å². The minimum absolute atomic E-state index is 0.0808. The SMILES string of the molecule is [2H]c1c([2H])c(N(c2ccccc2)c2ccc(-c3ccc4c(c3)c(-c3ccccc3)c(-c3ccccc3)c3ccccc34)cc2)c([2H])c([2H])c1-c1cccc2ccccc12. The van der Waals surface area contributed by atoms with Crippen LogP contribution in [0.2, 0.25) is 0 Å². The first kappa shape index (κ1) is 28.3. The first-order valence-electron chi connectivity index (χ1n) is 20.6. The van der Waals surface area contributed by atoms with Gasteiger partial charge in [-0.1, -0.05) is 182 Å². The van der Waals surface area contributed by atoms with Gasteiger partial charge in [-0.3, -0.25) is 0 Å². The van der Waals surface area contributed by atoms with E-state index in [0.29, 0.717) is 11.1 Å². The predicted molar refractivity (Wildman–Crippen MR) is 235 cm³/mol. The number of para-hydroxylation sites is 1. The fraction of sp³-hybridized carbons (Fsp3) is 0. The third-order valence-electron chi connectivity index (χ3n) is 10.5. The van der Waals surface area contributed by atoms with Crippen LogP contribution in [0, 0.1) is 0 Å². The fourth-order valence-electron chi connectivity index (χ4n) is 7.96. The molecule has 0 aliphatic heterocycles. The second-order valence-corrected chi connectivity index (χ2v) is 13.8. The maximum Gasteiger partial charge on any atom is 0.0645 e. The van der Waals surface area contributed by atoms with E-state index < -0.39 is 0 Å². The molecule has 0 heterocycles. The average Bonchev–Trinajstić information content (AvgIpc) is 3.30. The zero-order valence-corrected chi connectivity index (χ0v) is 30.0. The molecule has 0 aromatic heterocycles. The van der Waals surface area contributed by atoms with Gasteiger partial charge in [-0.25, -0.2) is 0 Å². The van der Waals surface area contributed by atoms with Crippen LogP contribution in [-0.4, -0.2) is 0 Å². The Labute approximate surface area is 327 Å². The number of benzene rings is 10. The van der Waals surface area contributed by atoms with Crippen molar-refractivity contribution in [3.05, 3.63) is 224 Å². The van der Waals surface area contributed by atoms with Gasteiger partial charge >= 0.3 is 0 Å². The van der Waals surface area contributed by atoms with E-state index in [0.717, 1.165) is 44.2 Å². The Balaban J connectivity index is 1.13. The monoisotopic (exact) mass is 703 g/mol. The highest BCUT2D eigenvalue weighted by Crippen LogP contribution is 2.46. The molecule has 10 aromatic carbocycles. The molecule has 0 spiro atoms. The summed E-state index contributed by atoms with van der Waals surface area (Å²) >= 11 is 0. The maximum absolute atomic E-state index is 9.41. The number of fused-ring (bicyclic) bond motifs is 4. The van der Waals surface area contributed by atoms with Crippen LogP contribution >= 0.6 is 0 Å². The standard InChI is InChI=1S/C54H37N/c1-4-16-41(17-5-1)53-51-25-13-12-24-49(51)50-36-31-43(37-52(50)54(53)42-18-6-2-7-19-42)38-27-32-45(33-28-38)55(44-21-8-3-9-22-44)46-34-29-40(30-35-46)48-26-14-20-39-15-10-11-23-47(39)48/h1-37H/i29D,30D,34D,35D. The van der Waals surface area contributed by atoms with E-state index in [1.54, 1.807) is 0 Å². The summed E-state index contributed by atoms with van der Waals surface area (Å²) in [6.45, 7) is 0. The van der Waals surface area contributed by atoms with Crippen LogP contribution < -0.4 is 4.90 Å². The lowest BCUT2D eigenvalue weighted by molar-refractivity contribution is 1.28. The highest BCUT2D eigenvalue weighted by molar-refractivity contribution is 6.22. The van der Waals surface area contributed by atoms with Crippen LogP contribution in [0.1, 0.15) is 5.48 Å². The third-order valence-corrected chi connectivity index (χ3v) is 10.5. The molecule has 0 amide bonds. The Bertz CT molecular complexity index is 3150. The van der Waals surface area contributed by atoms with E-state index in [1.165, 1.54) is 32.8 Å². The van der Waals surface area contributed by atoms with E-state index in [4.69, 9.17) is 0 Å². The lowest BCUT2D eigenvalue weighted by atomic mass is 9.84. The summed E-state index contributed by atoms with van der Waals surface area (Å²) in [7, 11) is 0. The summed E-state index contributed by atoms with van der Waals surface area (Å²) in [6.07, 6.45) is 0. The summed E-state index contributed by atoms with van der Waals surface area (Å²) in [5.41, 5.74) is 9.41. The predicted octanol–water partition coefficient (Wildman–Crippen LogP) is 15.3. The summed E-state index contributed by atoms with van der Waals surface area (Å²) < 4.78 is 37.4. The topological polar surface area (TPSA) is 3.24 Å². The van der Waals surface area contributed by atoms with Crippen LogP contribution in [0.3, 0.4) is 0 Å². The minimum atomic E-state index is -0.105. The summed E-state index contributed by atoms with van der Waals surface area (Å²) in [4.78, 5) is 1.84. The van der Waals surface area contributed by atoms with Gasteiger partial charge in [0.15, 0.2) is 0 Å². The van der Waals surface area contributed by atoms with Gasteiger partial charge in [-0.05, 0) is 119 Å². The lowest BCUT2D eigenvalue weighted by Crippen LogP contribution is -2.09. The van der Waals surface area contributed by atoms with Crippen molar-refractivity contribution in [2.24, 2.45) is 0 Å². The highest BCUT2D eigenvalue weighted by Gasteiger charge is 2.19. The third kappa shape index (κ3) is 5.93. The van der Waals surface area contributed by atoms with Gasteiger partial charge in [-0.15, -0.1) is 0 Å². The molecule has 0 aliphatic carbocycles. The average molecular weight is 704 g/mol. The van der Waals surface area contributed by atoms with Gasteiger partial charge in [0.1, 0.15) is 0 Å². The number of rotatable bonds is 7. The van der Waals surface area contributed by atoms with Crippen LogP contribution in [0.25, 0.3) is 76.8 Å². The quantitative estimate of drug-likeness (QED) is 0.149. The molecule has 0 atom stereocenters. The van der Waals surface area contributed by atoms with Crippen LogP contribution in [0.15, 0.2) is 224 Å². The van der Waals surface area contributed by atoms with E-state index >= 15 is 0 Å². The van der Waals surface area contributed by atoms with Crippen molar-refractivity contribution >= 4 is 49.4 Å². The molecule has 10 aromatic rings. The fourth-order valence-corrected chi connectivity index (χ4v) is 7.96. The van der Waals surface area contributed by atoms with Gasteiger partial charge < -0.3 is 4.90 Å². The molecule has 0 aliphatic rings. The molecule has 1 nitrogen and oxygen atoms in total. The van der Waals surface area contributed by atoms with Crippen molar-refractivity contribution in [2.75, 3.05) is 4.90 Å². The van der Waals surface area contributed by atoms with E-state index in [1.807, 2.05) is 89.8 Å². The van der Waals surface area contributed by atoms with Gasteiger partial charge in [-0.2, -0.15) is 0 Å². The Morgan fingerprint density at radius 3 is 1.49 bits per heavy atom. The largest absolute Gasteiger partial charge is 0.311 e. The Morgan fingerprint density at radius 1 is 0.291 bits per heavy atom. The number of nitrogens with zero attached hydrogens (tertiary/aromatic N) is 1. The number of hydrogen-bond acceptors (Lipinski definition) is 1. The second kappa shape index (κ2) is 14.0. The van der Waals surface area contributed by atoms with Crippen molar-refractivity contribution in [1.82, 2.24) is 0 Å². The van der Waals surface area contributed by atoms with Crippen LogP contribution in [-0.2, 0) is 0 Å². The molecule has 0 bridgehead atoms. The first-order chi connectivity index (χ1) is 29.0. The second-order valence-electron chi connectivity index (χ2n) is 13.8. The van der Waals surface area contributed by atoms with Crippen LogP contribution in [0.5, 0.6) is 0 Å². The van der Waals surface area contributed by atoms with E-state index in [-0.39, 0.29) is 29.9 Å². The van der Waals surface area contributed by atoms with Gasteiger partial charge in [0, 0.05) is 17.1 Å². The maximum atomic E-state index is 9.41. The molecule has 10 rings (SSSR count). The zero-order chi connectivity index (χ0) is 40.0. The van der Waals surface area contributed by atoms with Gasteiger partial charge in [0.2, 0.25) is 0 Å². The lowest BCUT2D eigenvalue weighted by Gasteiger charge is -2.26. The van der Waals surface area contributed by atoms with Gasteiger partial charge in [0.25, 0.3) is 0 Å². The minimum Gasteiger partial charge on any atom is -0.311 e. The molecular weight excluding hydrogens is 663 g/mol. The molecule has 55 heavy (non-hydrogen) atoms. The first-order valence-corrected chi connectivity index (χ1v) is 18.6. The smallest absolute Gasteiger partial charge is 0.0645 e. The molecular formula is C54H37N. The number of anilines is 3. The Kier molecular flexibility index (Phi) is 7.19. The van der Waals surface area contributed by atoms with Crippen molar-refractivity contribution in [2.45, 2.75) is 0 Å². The zero-order valence-electron chi connectivity index (χ0n) is 34.0. The Hall–Kier alpha value is -7.22. The molecule has 0 unspecified atom stereocenters. The van der Waals surface area contributed by atoms with E-state index in [9.17, 15) is 5.48 Å². The van der Waals surface area contributed by atoms with Gasteiger partial charge in [0.05, 0.1) is 5.48 Å². The molecule has 0 saturated heterocycles. The summed E-state index contributed by atoms with van der Waals surface area (Å²) in [5.74, 6) is 0. The molecule has 0 N–H and O–H groups in total. The highest BCUT2D eigenvalue weighted by atomic mass is 15.1. The van der Waals surface area contributed by atoms with Crippen LogP contribution in [0.4, 0.5) is 17.1 Å². The Morgan fingerprint density at radius 2 is 0.800 bits per heavy atom. The molecule has 0 saturated carbocycles. The van der Waals surface area contributed by atoms with Crippen molar-refractivity contribution in [3.63, 3.8) is 0 Å². The van der Waals surface area contributed by atoms with Crippen molar-refractivity contribution in [3.8, 4) is 44.5 Å².